The van der Waals surface area contributed by atoms with E-state index in [1.807, 2.05) is 36.4 Å². The van der Waals surface area contributed by atoms with Gasteiger partial charge in [0.15, 0.2) is 5.78 Å². The molecule has 0 spiro atoms. The molecule has 0 unspecified atom stereocenters. The molecule has 0 radical (unpaired) electrons. The lowest BCUT2D eigenvalue weighted by Crippen LogP contribution is -2.05. The molecule has 0 aromatic heterocycles. The number of carbonyl (C=O) groups excluding carboxylic acids is 1. The lowest BCUT2D eigenvalue weighted by atomic mass is 9.97. The minimum Gasteiger partial charge on any atom is -0.496 e. The largest absolute Gasteiger partial charge is 0.496 e. The van der Waals surface area contributed by atoms with E-state index in [1.54, 1.807) is 6.07 Å². The number of benzene rings is 3. The molecule has 0 bridgehead atoms. The first-order chi connectivity index (χ1) is 10.2. The van der Waals surface area contributed by atoms with Gasteiger partial charge in [-0.05, 0) is 29.0 Å². The summed E-state index contributed by atoms with van der Waals surface area (Å²) < 4.78 is 18.6. The van der Waals surface area contributed by atoms with Gasteiger partial charge in [0.2, 0.25) is 0 Å². The Balaban J connectivity index is 2.20. The molecular formula is C18H13FO2. The summed E-state index contributed by atoms with van der Waals surface area (Å²) in [6.45, 7) is 0. The zero-order valence-electron chi connectivity index (χ0n) is 11.5. The number of halogens is 1. The molecule has 2 nitrogen and oxygen atoms in total. The number of ether oxygens (including phenoxy) is 1. The molecule has 104 valence electrons. The van der Waals surface area contributed by atoms with Crippen molar-refractivity contribution in [1.82, 2.24) is 0 Å². The lowest BCUT2D eigenvalue weighted by molar-refractivity contribution is 0.103. The zero-order valence-corrected chi connectivity index (χ0v) is 11.5. The third kappa shape index (κ3) is 2.38. The molecule has 0 N–H and O–H groups in total. The smallest absolute Gasteiger partial charge is 0.197 e. The van der Waals surface area contributed by atoms with Crippen LogP contribution in [-0.2, 0) is 0 Å². The second kappa shape index (κ2) is 5.37. The Bertz CT molecular complexity index is 819. The number of rotatable bonds is 3. The van der Waals surface area contributed by atoms with E-state index in [0.717, 1.165) is 10.8 Å². The normalized spacial score (nSPS) is 10.6. The standard InChI is InChI=1S/C18H13FO2/c1-21-17-10-9-13(19)11-16(17)18(20)15-8-4-6-12-5-2-3-7-14(12)15/h2-11H,1H3. The van der Waals surface area contributed by atoms with Crippen LogP contribution in [0.4, 0.5) is 4.39 Å². The highest BCUT2D eigenvalue weighted by molar-refractivity contribution is 6.17. The number of fused-ring (bicyclic) bond motifs is 1. The first-order valence-corrected chi connectivity index (χ1v) is 6.56. The molecule has 3 aromatic rings. The van der Waals surface area contributed by atoms with E-state index in [4.69, 9.17) is 4.74 Å². The van der Waals surface area contributed by atoms with Gasteiger partial charge < -0.3 is 4.74 Å². The van der Waals surface area contributed by atoms with Crippen LogP contribution >= 0.6 is 0 Å². The Morgan fingerprint density at radius 1 is 0.952 bits per heavy atom. The second-order valence-electron chi connectivity index (χ2n) is 4.70. The van der Waals surface area contributed by atoms with E-state index in [9.17, 15) is 9.18 Å². The van der Waals surface area contributed by atoms with Crippen molar-refractivity contribution < 1.29 is 13.9 Å². The Morgan fingerprint density at radius 3 is 2.52 bits per heavy atom. The fourth-order valence-electron chi connectivity index (χ4n) is 2.43. The molecule has 0 heterocycles. The van der Waals surface area contributed by atoms with Crippen molar-refractivity contribution in [3.63, 3.8) is 0 Å². The fourth-order valence-corrected chi connectivity index (χ4v) is 2.43. The predicted molar refractivity (Wildman–Crippen MR) is 80.3 cm³/mol. The quantitative estimate of drug-likeness (QED) is 0.671. The molecule has 3 rings (SSSR count). The average Bonchev–Trinajstić information content (AvgIpc) is 2.53. The maximum Gasteiger partial charge on any atom is 0.197 e. The van der Waals surface area contributed by atoms with Gasteiger partial charge in [0, 0.05) is 5.56 Å². The highest BCUT2D eigenvalue weighted by atomic mass is 19.1. The lowest BCUT2D eigenvalue weighted by Gasteiger charge is -2.09. The molecular weight excluding hydrogens is 267 g/mol. The molecule has 0 atom stereocenters. The minimum atomic E-state index is -0.459. The molecule has 21 heavy (non-hydrogen) atoms. The maximum absolute atomic E-state index is 13.5. The van der Waals surface area contributed by atoms with E-state index >= 15 is 0 Å². The highest BCUT2D eigenvalue weighted by Crippen LogP contribution is 2.26. The number of carbonyl (C=O) groups is 1. The van der Waals surface area contributed by atoms with Crippen LogP contribution in [-0.4, -0.2) is 12.9 Å². The fraction of sp³-hybridized carbons (Fsp3) is 0.0556. The Hall–Kier alpha value is -2.68. The van der Waals surface area contributed by atoms with Crippen LogP contribution in [0, 0.1) is 5.82 Å². The Labute approximate surface area is 121 Å². The molecule has 0 fully saturated rings. The van der Waals surface area contributed by atoms with Crippen LogP contribution in [0.5, 0.6) is 5.75 Å². The summed E-state index contributed by atoms with van der Waals surface area (Å²) in [6, 6.07) is 17.1. The Kier molecular flexibility index (Phi) is 3.40. The van der Waals surface area contributed by atoms with E-state index in [-0.39, 0.29) is 11.3 Å². The van der Waals surface area contributed by atoms with Crippen molar-refractivity contribution in [1.29, 1.82) is 0 Å². The minimum absolute atomic E-state index is 0.230. The van der Waals surface area contributed by atoms with Crippen LogP contribution in [0.1, 0.15) is 15.9 Å². The van der Waals surface area contributed by atoms with E-state index in [1.165, 1.54) is 25.3 Å². The second-order valence-corrected chi connectivity index (χ2v) is 4.70. The van der Waals surface area contributed by atoms with E-state index in [0.29, 0.717) is 11.3 Å². The van der Waals surface area contributed by atoms with Crippen molar-refractivity contribution in [3.05, 3.63) is 77.6 Å². The van der Waals surface area contributed by atoms with Crippen molar-refractivity contribution >= 4 is 16.6 Å². The first kappa shape index (κ1) is 13.3. The summed E-state index contributed by atoms with van der Waals surface area (Å²) >= 11 is 0. The molecule has 0 saturated carbocycles. The molecule has 0 saturated heterocycles. The van der Waals surface area contributed by atoms with Crippen LogP contribution < -0.4 is 4.74 Å². The number of ketones is 1. The van der Waals surface area contributed by atoms with Crippen molar-refractivity contribution in [3.8, 4) is 5.75 Å². The van der Waals surface area contributed by atoms with Crippen molar-refractivity contribution in [2.45, 2.75) is 0 Å². The molecule has 0 aliphatic rings. The van der Waals surface area contributed by atoms with Gasteiger partial charge in [0.25, 0.3) is 0 Å². The zero-order chi connectivity index (χ0) is 14.8. The summed E-state index contributed by atoms with van der Waals surface area (Å²) in [4.78, 5) is 12.7. The van der Waals surface area contributed by atoms with E-state index < -0.39 is 5.82 Å². The summed E-state index contributed by atoms with van der Waals surface area (Å²) in [5.74, 6) is -0.336. The summed E-state index contributed by atoms with van der Waals surface area (Å²) in [5, 5.41) is 1.81. The summed E-state index contributed by atoms with van der Waals surface area (Å²) in [6.07, 6.45) is 0. The van der Waals surface area contributed by atoms with Crippen LogP contribution in [0.25, 0.3) is 10.8 Å². The third-order valence-corrected chi connectivity index (χ3v) is 3.44. The number of methoxy groups -OCH3 is 1. The van der Waals surface area contributed by atoms with Crippen LogP contribution in [0.2, 0.25) is 0 Å². The van der Waals surface area contributed by atoms with Gasteiger partial charge in [-0.25, -0.2) is 4.39 Å². The highest BCUT2D eigenvalue weighted by Gasteiger charge is 2.17. The van der Waals surface area contributed by atoms with Crippen LogP contribution in [0.15, 0.2) is 60.7 Å². The summed E-state index contributed by atoms with van der Waals surface area (Å²) in [7, 11) is 1.47. The van der Waals surface area contributed by atoms with Gasteiger partial charge in [0.05, 0.1) is 12.7 Å². The van der Waals surface area contributed by atoms with Gasteiger partial charge in [-0.15, -0.1) is 0 Å². The third-order valence-electron chi connectivity index (χ3n) is 3.44. The van der Waals surface area contributed by atoms with Crippen LogP contribution in [0.3, 0.4) is 0 Å². The van der Waals surface area contributed by atoms with E-state index in [2.05, 4.69) is 0 Å². The molecule has 3 heteroatoms. The first-order valence-electron chi connectivity index (χ1n) is 6.56. The van der Waals surface area contributed by atoms with Gasteiger partial charge >= 0.3 is 0 Å². The number of hydrogen-bond acceptors (Lipinski definition) is 2. The average molecular weight is 280 g/mol. The van der Waals surface area contributed by atoms with Crippen molar-refractivity contribution in [2.75, 3.05) is 7.11 Å². The molecule has 0 aliphatic heterocycles. The molecule has 3 aromatic carbocycles. The summed E-state index contributed by atoms with van der Waals surface area (Å²) in [5.41, 5.74) is 0.769. The Morgan fingerprint density at radius 2 is 1.71 bits per heavy atom. The maximum atomic E-state index is 13.5. The molecule has 0 amide bonds. The SMILES string of the molecule is COc1ccc(F)cc1C(=O)c1cccc2ccccc12. The van der Waals surface area contributed by atoms with Gasteiger partial charge in [-0.3, -0.25) is 4.79 Å². The van der Waals surface area contributed by atoms with Gasteiger partial charge in [-0.2, -0.15) is 0 Å². The van der Waals surface area contributed by atoms with Gasteiger partial charge in [0.1, 0.15) is 11.6 Å². The molecule has 0 aliphatic carbocycles. The predicted octanol–water partition coefficient (Wildman–Crippen LogP) is 4.22. The topological polar surface area (TPSA) is 26.3 Å². The number of hydrogen-bond donors (Lipinski definition) is 0. The van der Waals surface area contributed by atoms with Gasteiger partial charge in [-0.1, -0.05) is 42.5 Å². The van der Waals surface area contributed by atoms with Crippen molar-refractivity contribution in [2.24, 2.45) is 0 Å². The monoisotopic (exact) mass is 280 g/mol.